The van der Waals surface area contributed by atoms with E-state index in [0.29, 0.717) is 12.1 Å². The van der Waals surface area contributed by atoms with Gasteiger partial charge in [0.1, 0.15) is 4.90 Å². The fourth-order valence-corrected chi connectivity index (χ4v) is 2.53. The minimum atomic E-state index is -4.90. The van der Waals surface area contributed by atoms with Gasteiger partial charge in [0.15, 0.2) is 9.84 Å². The first-order valence-electron chi connectivity index (χ1n) is 4.73. The van der Waals surface area contributed by atoms with Crippen molar-refractivity contribution in [3.05, 3.63) is 33.9 Å². The summed E-state index contributed by atoms with van der Waals surface area (Å²) in [6, 6.07) is 0.691. The van der Waals surface area contributed by atoms with Gasteiger partial charge >= 0.3 is 6.18 Å². The first-order valence-corrected chi connectivity index (χ1v) is 6.38. The predicted octanol–water partition coefficient (Wildman–Crippen LogP) is 0.137. The zero-order valence-corrected chi connectivity index (χ0v) is 10.2. The Balaban J connectivity index is 3.50. The van der Waals surface area contributed by atoms with Crippen LogP contribution >= 0.6 is 0 Å². The summed E-state index contributed by atoms with van der Waals surface area (Å²) in [4.78, 5) is 18.5. The topological polar surface area (TPSA) is 117 Å². The van der Waals surface area contributed by atoms with Gasteiger partial charge in [-0.25, -0.2) is 8.42 Å². The lowest BCUT2D eigenvalue weighted by Crippen LogP contribution is -2.31. The second kappa shape index (κ2) is 5.07. The largest absolute Gasteiger partial charge is 0.549 e. The highest BCUT2D eigenvalue weighted by Gasteiger charge is 2.35. The molecule has 0 fully saturated rings. The van der Waals surface area contributed by atoms with Gasteiger partial charge in [-0.2, -0.15) is 13.2 Å². The molecule has 0 spiro atoms. The molecule has 0 radical (unpaired) electrons. The Labute approximate surface area is 109 Å². The van der Waals surface area contributed by atoms with E-state index in [1.54, 1.807) is 0 Å². The lowest BCUT2D eigenvalue weighted by molar-refractivity contribution is -0.388. The Morgan fingerprint density at radius 3 is 2.25 bits per heavy atom. The van der Waals surface area contributed by atoms with Gasteiger partial charge in [-0.15, -0.1) is 0 Å². The van der Waals surface area contributed by atoms with Crippen LogP contribution in [0.25, 0.3) is 0 Å². The van der Waals surface area contributed by atoms with E-state index in [-0.39, 0.29) is 6.07 Å². The van der Waals surface area contributed by atoms with Crippen molar-refractivity contribution in [3.8, 4) is 0 Å². The number of nitrogens with zero attached hydrogens (tertiary/aromatic N) is 1. The van der Waals surface area contributed by atoms with E-state index in [2.05, 4.69) is 0 Å². The van der Waals surface area contributed by atoms with Gasteiger partial charge in [0.2, 0.25) is 0 Å². The highest BCUT2D eigenvalue weighted by molar-refractivity contribution is 7.92. The number of carbonyl (C=O) groups excluding carboxylic acids is 1. The average Bonchev–Trinajstić information content (AvgIpc) is 2.25. The lowest BCUT2D eigenvalue weighted by atomic mass is 10.2. The van der Waals surface area contributed by atoms with E-state index in [0.717, 1.165) is 0 Å². The monoisotopic (exact) mass is 312 g/mol. The Kier molecular flexibility index (Phi) is 4.03. The molecule has 0 N–H and O–H groups in total. The molecule has 0 aliphatic heterocycles. The lowest BCUT2D eigenvalue weighted by Gasteiger charge is -2.09. The Morgan fingerprint density at radius 2 is 1.85 bits per heavy atom. The fraction of sp³-hybridized carbons (Fsp3) is 0.222. The maximum absolute atomic E-state index is 12.4. The first-order chi connectivity index (χ1) is 8.95. The van der Waals surface area contributed by atoms with E-state index in [1.165, 1.54) is 0 Å². The number of hydrogen-bond donors (Lipinski definition) is 0. The average molecular weight is 312 g/mol. The zero-order valence-electron chi connectivity index (χ0n) is 9.38. The number of halogens is 3. The van der Waals surface area contributed by atoms with Gasteiger partial charge in [0, 0.05) is 6.07 Å². The van der Waals surface area contributed by atoms with Crippen LogP contribution in [0.4, 0.5) is 18.9 Å². The molecule has 0 heterocycles. The van der Waals surface area contributed by atoms with Crippen LogP contribution in [-0.2, 0) is 20.8 Å². The number of nitro groups is 1. The summed E-state index contributed by atoms with van der Waals surface area (Å²) in [6.45, 7) is 0. The normalized spacial score (nSPS) is 12.2. The molecule has 0 aliphatic rings. The summed E-state index contributed by atoms with van der Waals surface area (Å²) >= 11 is 0. The van der Waals surface area contributed by atoms with E-state index in [9.17, 15) is 41.6 Å². The van der Waals surface area contributed by atoms with Gasteiger partial charge in [-0.3, -0.25) is 10.1 Å². The van der Waals surface area contributed by atoms with Gasteiger partial charge in [0.25, 0.3) is 5.69 Å². The summed E-state index contributed by atoms with van der Waals surface area (Å²) in [5, 5.41) is 20.9. The van der Waals surface area contributed by atoms with Crippen molar-refractivity contribution in [1.82, 2.24) is 0 Å². The van der Waals surface area contributed by atoms with Gasteiger partial charge in [-0.05, 0) is 12.1 Å². The summed E-state index contributed by atoms with van der Waals surface area (Å²) in [5.41, 5.74) is -2.77. The molecule has 20 heavy (non-hydrogen) atoms. The van der Waals surface area contributed by atoms with Crippen molar-refractivity contribution in [2.24, 2.45) is 0 Å². The van der Waals surface area contributed by atoms with Crippen LogP contribution in [-0.4, -0.2) is 25.1 Å². The smallest absolute Gasteiger partial charge is 0.416 e. The molecule has 0 bridgehead atoms. The zero-order chi connectivity index (χ0) is 15.7. The maximum atomic E-state index is 12.4. The molecule has 0 aliphatic carbocycles. The summed E-state index contributed by atoms with van der Waals surface area (Å²) in [5.74, 6) is -3.60. The van der Waals surface area contributed by atoms with Crippen LogP contribution in [0.3, 0.4) is 0 Å². The summed E-state index contributed by atoms with van der Waals surface area (Å²) in [6.07, 6.45) is -4.90. The molecule has 110 valence electrons. The molecule has 1 aromatic rings. The fourth-order valence-electron chi connectivity index (χ4n) is 1.33. The van der Waals surface area contributed by atoms with Crippen molar-refractivity contribution < 1.29 is 36.4 Å². The minimum absolute atomic E-state index is 0.0299. The second-order valence-corrected chi connectivity index (χ2v) is 5.53. The third-order valence-corrected chi connectivity index (χ3v) is 3.76. The van der Waals surface area contributed by atoms with E-state index >= 15 is 0 Å². The molecular formula is C9H5F3NO6S-. The summed E-state index contributed by atoms with van der Waals surface area (Å²) in [7, 11) is -4.67. The highest BCUT2D eigenvalue weighted by Crippen LogP contribution is 2.34. The number of aliphatic carboxylic acids is 1. The number of nitro benzene ring substituents is 1. The van der Waals surface area contributed by atoms with Crippen LogP contribution in [0.2, 0.25) is 0 Å². The Hall–Kier alpha value is -2.17. The third-order valence-electron chi connectivity index (χ3n) is 2.13. The number of benzene rings is 1. The molecule has 11 heteroatoms. The molecule has 0 amide bonds. The second-order valence-electron chi connectivity index (χ2n) is 3.57. The Morgan fingerprint density at radius 1 is 1.30 bits per heavy atom. The van der Waals surface area contributed by atoms with E-state index < -0.39 is 48.8 Å². The van der Waals surface area contributed by atoms with Crippen LogP contribution in [0, 0.1) is 10.1 Å². The van der Waals surface area contributed by atoms with Crippen molar-refractivity contribution in [2.75, 3.05) is 5.75 Å². The molecule has 0 aromatic heterocycles. The molecule has 0 saturated carbocycles. The quantitative estimate of drug-likeness (QED) is 0.576. The van der Waals surface area contributed by atoms with Crippen molar-refractivity contribution in [3.63, 3.8) is 0 Å². The standard InChI is InChI=1S/C9H6F3NO6S/c10-9(11,12)5-1-2-7(6(3-5)13(16)17)20(18,19)4-8(14)15/h1-3H,4H2,(H,14,15)/p-1. The first kappa shape index (κ1) is 15.9. The molecule has 0 atom stereocenters. The maximum Gasteiger partial charge on any atom is 0.416 e. The van der Waals surface area contributed by atoms with Gasteiger partial charge < -0.3 is 9.90 Å². The molecular weight excluding hydrogens is 307 g/mol. The van der Waals surface area contributed by atoms with Crippen molar-refractivity contribution >= 4 is 21.5 Å². The van der Waals surface area contributed by atoms with Gasteiger partial charge in [-0.1, -0.05) is 0 Å². The number of carbonyl (C=O) groups is 1. The van der Waals surface area contributed by atoms with Crippen LogP contribution < -0.4 is 5.11 Å². The van der Waals surface area contributed by atoms with Crippen molar-refractivity contribution in [2.45, 2.75) is 11.1 Å². The van der Waals surface area contributed by atoms with Crippen molar-refractivity contribution in [1.29, 1.82) is 0 Å². The van der Waals surface area contributed by atoms with Crippen LogP contribution in [0.15, 0.2) is 23.1 Å². The number of carboxylic acids is 1. The molecule has 0 unspecified atom stereocenters. The summed E-state index contributed by atoms with van der Waals surface area (Å²) < 4.78 is 60.2. The van der Waals surface area contributed by atoms with Crippen LogP contribution in [0.1, 0.15) is 5.56 Å². The SMILES string of the molecule is O=C([O-])CS(=O)(=O)c1ccc(C(F)(F)F)cc1[N+](=O)[O-]. The van der Waals surface area contributed by atoms with Gasteiger partial charge in [0.05, 0.1) is 22.2 Å². The third kappa shape index (κ3) is 3.44. The molecule has 0 saturated heterocycles. The molecule has 7 nitrogen and oxygen atoms in total. The number of carboxylic acid groups (broad SMARTS) is 1. The van der Waals surface area contributed by atoms with E-state index in [4.69, 9.17) is 0 Å². The number of hydrogen-bond acceptors (Lipinski definition) is 6. The molecule has 1 aromatic carbocycles. The minimum Gasteiger partial charge on any atom is -0.549 e. The number of alkyl halides is 3. The van der Waals surface area contributed by atoms with E-state index in [1.807, 2.05) is 0 Å². The predicted molar refractivity (Wildman–Crippen MR) is 55.2 cm³/mol. The highest BCUT2D eigenvalue weighted by atomic mass is 32.2. The Bertz CT molecular complexity index is 667. The number of rotatable bonds is 4. The number of sulfone groups is 1. The molecule has 1 rings (SSSR count). The van der Waals surface area contributed by atoms with Crippen LogP contribution in [0.5, 0.6) is 0 Å².